The Morgan fingerprint density at radius 3 is 1.91 bits per heavy atom. The molecule has 0 aliphatic carbocycles. The number of benzene rings is 8. The van der Waals surface area contributed by atoms with Crippen molar-refractivity contribution in [3.05, 3.63) is 211 Å². The Morgan fingerprint density at radius 1 is 0.491 bits per heavy atom. The molecule has 5 heteroatoms. The summed E-state index contributed by atoms with van der Waals surface area (Å²) < 4.78 is 5.06. The van der Waals surface area contributed by atoms with Crippen LogP contribution < -0.4 is 0 Å². The molecule has 2 aromatic heterocycles. The number of aromatic nitrogens is 1. The van der Waals surface area contributed by atoms with Crippen molar-refractivity contribution < 1.29 is 0 Å². The lowest BCUT2D eigenvalue weighted by Crippen LogP contribution is -2.05. The number of thiophene rings is 1. The first-order valence-corrected chi connectivity index (χ1v) is 19.9. The van der Waals surface area contributed by atoms with E-state index in [2.05, 4.69) is 150 Å². The number of hydrogen-bond donors (Lipinski definition) is 0. The number of rotatable bonds is 7. The fraction of sp³-hybridized carbons (Fsp3) is 0.0192. The lowest BCUT2D eigenvalue weighted by atomic mass is 9.99. The molecule has 0 atom stereocenters. The molecule has 0 unspecified atom stereocenters. The summed E-state index contributed by atoms with van der Waals surface area (Å²) in [6, 6.07) is 68.5. The molecule has 57 heavy (non-hydrogen) atoms. The molecule has 0 aliphatic rings. The number of fused-ring (bicyclic) bond motifs is 6. The molecular weight excluding hydrogens is 713 g/mol. The van der Waals surface area contributed by atoms with E-state index in [9.17, 15) is 0 Å². The van der Waals surface area contributed by atoms with Crippen LogP contribution in [0.2, 0.25) is 0 Å². The minimum absolute atomic E-state index is 0.434. The van der Waals surface area contributed by atoms with Crippen molar-refractivity contribution in [2.75, 3.05) is 0 Å². The van der Waals surface area contributed by atoms with Crippen molar-refractivity contribution in [2.24, 2.45) is 15.0 Å². The predicted octanol–water partition coefficient (Wildman–Crippen LogP) is 13.6. The van der Waals surface area contributed by atoms with Gasteiger partial charge < -0.3 is 4.57 Å². The summed E-state index contributed by atoms with van der Waals surface area (Å²) in [5.74, 6) is 1.14. The van der Waals surface area contributed by atoms with E-state index in [-0.39, 0.29) is 0 Å². The highest BCUT2D eigenvalue weighted by molar-refractivity contribution is 7.26. The molecule has 4 nitrogen and oxygen atoms in total. The van der Waals surface area contributed by atoms with Crippen LogP contribution in [0.4, 0.5) is 0 Å². The van der Waals surface area contributed by atoms with Gasteiger partial charge in [-0.2, -0.15) is 0 Å². The zero-order valence-electron chi connectivity index (χ0n) is 31.1. The van der Waals surface area contributed by atoms with Crippen LogP contribution in [0.5, 0.6) is 0 Å². The fourth-order valence-electron chi connectivity index (χ4n) is 7.92. The van der Waals surface area contributed by atoms with E-state index in [0.29, 0.717) is 18.2 Å². The lowest BCUT2D eigenvalue weighted by molar-refractivity contribution is 1.06. The molecule has 270 valence electrons. The Morgan fingerprint density at radius 2 is 1.14 bits per heavy atom. The van der Waals surface area contributed by atoms with Gasteiger partial charge in [0.15, 0.2) is 11.7 Å². The number of aliphatic imine (C=N–C) groups is 3. The first kappa shape index (κ1) is 34.3. The molecule has 0 spiro atoms. The van der Waals surface area contributed by atoms with E-state index in [4.69, 9.17) is 9.98 Å². The van der Waals surface area contributed by atoms with E-state index >= 15 is 0 Å². The van der Waals surface area contributed by atoms with Crippen molar-refractivity contribution in [1.29, 1.82) is 0 Å². The number of nitrogens with zero attached hydrogens (tertiary/aromatic N) is 4. The van der Waals surface area contributed by atoms with Gasteiger partial charge in [-0.25, -0.2) is 9.98 Å². The molecule has 0 N–H and O–H groups in total. The molecule has 0 radical (unpaired) electrons. The van der Waals surface area contributed by atoms with Gasteiger partial charge >= 0.3 is 0 Å². The standard InChI is InChI=1S/C52H36N4S/c1-53-51(37-18-7-3-8-19-37)55-52(38-20-9-4-10-21-38)54-34-35-28-31-47(45(32-35)36-16-5-2-6-17-36)56-46-26-13-11-22-41(46)42-30-29-39(33-48(42)56)40-24-15-25-44-43-23-12-14-27-49(43)57-50(40)44/h2-33H,1,34H2/b54-52-,55-51-. The molecule has 0 fully saturated rings. The van der Waals surface area contributed by atoms with Crippen LogP contribution in [0.1, 0.15) is 16.7 Å². The minimum atomic E-state index is 0.434. The van der Waals surface area contributed by atoms with Crippen LogP contribution in [-0.4, -0.2) is 23.0 Å². The summed E-state index contributed by atoms with van der Waals surface area (Å²) in [7, 11) is 0. The second-order valence-electron chi connectivity index (χ2n) is 14.0. The highest BCUT2D eigenvalue weighted by Gasteiger charge is 2.18. The summed E-state index contributed by atoms with van der Waals surface area (Å²) in [6.07, 6.45) is 0. The Kier molecular flexibility index (Phi) is 8.90. The zero-order valence-corrected chi connectivity index (χ0v) is 31.9. The highest BCUT2D eigenvalue weighted by atomic mass is 32.1. The lowest BCUT2D eigenvalue weighted by Gasteiger charge is -2.16. The zero-order chi connectivity index (χ0) is 38.1. The molecule has 2 heterocycles. The third kappa shape index (κ3) is 6.34. The predicted molar refractivity (Wildman–Crippen MR) is 244 cm³/mol. The van der Waals surface area contributed by atoms with Gasteiger partial charge in [-0.05, 0) is 59.3 Å². The van der Waals surface area contributed by atoms with Crippen LogP contribution in [0.25, 0.3) is 69.9 Å². The first-order valence-electron chi connectivity index (χ1n) is 19.1. The summed E-state index contributed by atoms with van der Waals surface area (Å²) >= 11 is 1.87. The maximum atomic E-state index is 5.13. The van der Waals surface area contributed by atoms with E-state index < -0.39 is 0 Å². The van der Waals surface area contributed by atoms with Crippen LogP contribution in [0, 0.1) is 0 Å². The second kappa shape index (κ2) is 14.8. The normalized spacial score (nSPS) is 12.2. The number of amidine groups is 2. The van der Waals surface area contributed by atoms with Crippen LogP contribution in [-0.2, 0) is 6.54 Å². The quantitative estimate of drug-likeness (QED) is 0.115. The number of para-hydroxylation sites is 1. The summed E-state index contributed by atoms with van der Waals surface area (Å²) in [6.45, 7) is 4.27. The average Bonchev–Trinajstić information content (AvgIpc) is 3.83. The molecule has 10 aromatic rings. The third-order valence-electron chi connectivity index (χ3n) is 10.6. The summed E-state index contributed by atoms with van der Waals surface area (Å²) in [4.78, 5) is 14.4. The molecule has 0 saturated carbocycles. The third-order valence-corrected chi connectivity index (χ3v) is 11.8. The Labute approximate surface area is 335 Å². The van der Waals surface area contributed by atoms with Gasteiger partial charge in [-0.15, -0.1) is 11.3 Å². The molecule has 0 bridgehead atoms. The van der Waals surface area contributed by atoms with Gasteiger partial charge in [-0.1, -0.05) is 164 Å². The van der Waals surface area contributed by atoms with Crippen LogP contribution in [0.3, 0.4) is 0 Å². The van der Waals surface area contributed by atoms with Crippen molar-refractivity contribution in [3.63, 3.8) is 0 Å². The van der Waals surface area contributed by atoms with Crippen molar-refractivity contribution in [2.45, 2.75) is 6.54 Å². The highest BCUT2D eigenvalue weighted by Crippen LogP contribution is 2.42. The van der Waals surface area contributed by atoms with Crippen molar-refractivity contribution in [1.82, 2.24) is 4.57 Å². The van der Waals surface area contributed by atoms with Crippen LogP contribution >= 0.6 is 11.3 Å². The molecule has 8 aromatic carbocycles. The molecule has 0 saturated heterocycles. The Balaban J connectivity index is 1.13. The smallest absolute Gasteiger partial charge is 0.161 e. The van der Waals surface area contributed by atoms with E-state index in [0.717, 1.165) is 33.5 Å². The van der Waals surface area contributed by atoms with Crippen LogP contribution in [0.15, 0.2) is 209 Å². The summed E-state index contributed by atoms with van der Waals surface area (Å²) in [5.41, 5.74) is 11.1. The van der Waals surface area contributed by atoms with Crippen molar-refractivity contribution >= 4 is 71.7 Å². The van der Waals surface area contributed by atoms with E-state index in [1.807, 2.05) is 72.0 Å². The largest absolute Gasteiger partial charge is 0.309 e. The summed E-state index contributed by atoms with van der Waals surface area (Å²) in [5, 5.41) is 5.06. The maximum absolute atomic E-state index is 5.13. The molecular formula is C52H36N4S. The van der Waals surface area contributed by atoms with Gasteiger partial charge in [0, 0.05) is 47.6 Å². The molecule has 10 rings (SSSR count). The van der Waals surface area contributed by atoms with Gasteiger partial charge in [0.2, 0.25) is 0 Å². The fourth-order valence-corrected chi connectivity index (χ4v) is 9.16. The Hall–Kier alpha value is -7.21. The SMILES string of the molecule is C=N/C(=N\C(=N/Cc1ccc(-n2c3ccccc3c3ccc(-c4cccc5c4sc4ccccc45)cc32)c(-c2ccccc2)c1)c1ccccc1)c1ccccc1. The van der Waals surface area contributed by atoms with Crippen molar-refractivity contribution in [3.8, 4) is 27.9 Å². The monoisotopic (exact) mass is 748 g/mol. The average molecular weight is 749 g/mol. The van der Waals surface area contributed by atoms with Gasteiger partial charge in [-0.3, -0.25) is 4.99 Å². The maximum Gasteiger partial charge on any atom is 0.161 e. The second-order valence-corrected chi connectivity index (χ2v) is 15.1. The topological polar surface area (TPSA) is 42.0 Å². The molecule has 0 aliphatic heterocycles. The molecule has 0 amide bonds. The van der Waals surface area contributed by atoms with Gasteiger partial charge in [0.1, 0.15) is 0 Å². The van der Waals surface area contributed by atoms with E-state index in [1.165, 1.54) is 53.1 Å². The van der Waals surface area contributed by atoms with Gasteiger partial charge in [0.25, 0.3) is 0 Å². The van der Waals surface area contributed by atoms with E-state index in [1.54, 1.807) is 0 Å². The Bertz CT molecular complexity index is 3160. The van der Waals surface area contributed by atoms with Gasteiger partial charge in [0.05, 0.1) is 23.3 Å². The minimum Gasteiger partial charge on any atom is -0.309 e. The number of hydrogen-bond acceptors (Lipinski definition) is 2. The first-order chi connectivity index (χ1) is 28.2.